The summed E-state index contributed by atoms with van der Waals surface area (Å²) in [6.45, 7) is 19.4. The van der Waals surface area contributed by atoms with Gasteiger partial charge in [-0.05, 0) is 61.7 Å². The molecule has 3 unspecified atom stereocenters. The Balaban J connectivity index is 1.82. The lowest BCUT2D eigenvalue weighted by atomic mass is 9.83. The number of piperidine rings is 1. The Bertz CT molecular complexity index is 1240. The van der Waals surface area contributed by atoms with Crippen molar-refractivity contribution in [3.8, 4) is 0 Å². The van der Waals surface area contributed by atoms with Gasteiger partial charge in [-0.25, -0.2) is 9.59 Å². The smallest absolute Gasteiger partial charge is 0.407 e. The zero-order chi connectivity index (χ0) is 36.7. The van der Waals surface area contributed by atoms with Gasteiger partial charge < -0.3 is 36.2 Å². The average Bonchev–Trinajstić information content (AvgIpc) is 3.33. The Morgan fingerprint density at radius 3 is 2.20 bits per heavy atom. The molecule has 6 atom stereocenters. The number of likely N-dealkylation sites (tertiary alicyclic amines) is 1. The van der Waals surface area contributed by atoms with Gasteiger partial charge in [0.1, 0.15) is 18.7 Å². The number of hydrogen-bond acceptors (Lipinski definition) is 7. The first-order valence-electron chi connectivity index (χ1n) is 18.0. The molecule has 6 amide bonds. The van der Waals surface area contributed by atoms with Gasteiger partial charge in [0.25, 0.3) is 5.91 Å². The number of alkyl carbamates (subject to hydrolysis) is 1. The van der Waals surface area contributed by atoms with E-state index in [-0.39, 0.29) is 54.7 Å². The zero-order valence-electron chi connectivity index (χ0n) is 30.8. The van der Waals surface area contributed by atoms with E-state index in [4.69, 9.17) is 4.74 Å². The number of ketones is 1. The van der Waals surface area contributed by atoms with E-state index in [9.17, 15) is 28.8 Å². The van der Waals surface area contributed by atoms with Crippen LogP contribution in [0, 0.1) is 28.6 Å². The van der Waals surface area contributed by atoms with Crippen molar-refractivity contribution in [2.24, 2.45) is 28.6 Å². The molecule has 49 heavy (non-hydrogen) atoms. The lowest BCUT2D eigenvalue weighted by Gasteiger charge is -2.38. The van der Waals surface area contributed by atoms with Gasteiger partial charge in [-0.3, -0.25) is 19.2 Å². The van der Waals surface area contributed by atoms with E-state index in [1.54, 1.807) is 4.90 Å². The number of hydrogen-bond donors (Lipinski definition) is 5. The van der Waals surface area contributed by atoms with E-state index < -0.39 is 59.3 Å². The lowest BCUT2D eigenvalue weighted by Crippen LogP contribution is -2.61. The minimum atomic E-state index is -1.03. The first-order valence-corrected chi connectivity index (χ1v) is 18.0. The Hall–Kier alpha value is -3.64. The zero-order valence-corrected chi connectivity index (χ0v) is 30.8. The number of ether oxygens (including phenoxy) is 1. The number of fused-ring (bicyclic) bond motifs is 1. The number of rotatable bonds is 15. The summed E-state index contributed by atoms with van der Waals surface area (Å²) in [6, 6.07) is -3.96. The van der Waals surface area contributed by atoms with Crippen LogP contribution < -0.4 is 26.6 Å². The van der Waals surface area contributed by atoms with E-state index in [2.05, 4.69) is 47.0 Å². The molecule has 13 heteroatoms. The summed E-state index contributed by atoms with van der Waals surface area (Å²) < 4.78 is 5.40. The molecule has 1 aliphatic heterocycles. The van der Waals surface area contributed by atoms with Crippen LogP contribution in [-0.2, 0) is 23.9 Å². The number of nitrogens with zero attached hydrogens (tertiary/aromatic N) is 1. The number of nitrogens with one attached hydrogen (secondary N) is 5. The molecule has 13 nitrogen and oxygen atoms in total. The third kappa shape index (κ3) is 10.2. The van der Waals surface area contributed by atoms with Crippen LogP contribution in [0.15, 0.2) is 12.7 Å². The molecule has 3 aliphatic rings. The molecule has 0 aromatic carbocycles. The number of carbonyl (C=O) groups excluding carboxylic acids is 6. The van der Waals surface area contributed by atoms with E-state index in [0.29, 0.717) is 13.0 Å². The van der Waals surface area contributed by atoms with Crippen LogP contribution in [0.4, 0.5) is 9.59 Å². The van der Waals surface area contributed by atoms with Gasteiger partial charge in [0.05, 0.1) is 12.1 Å². The molecular weight excluding hydrogens is 628 g/mol. The summed E-state index contributed by atoms with van der Waals surface area (Å²) in [5.74, 6) is -2.48. The quantitative estimate of drug-likeness (QED) is 0.129. The average molecular weight is 689 g/mol. The molecule has 3 fully saturated rings. The van der Waals surface area contributed by atoms with E-state index in [1.807, 2.05) is 41.5 Å². The first kappa shape index (κ1) is 39.8. The van der Waals surface area contributed by atoms with Crippen molar-refractivity contribution in [1.82, 2.24) is 31.5 Å². The van der Waals surface area contributed by atoms with Gasteiger partial charge in [0, 0.05) is 19.1 Å². The van der Waals surface area contributed by atoms with Crippen molar-refractivity contribution in [2.45, 2.75) is 131 Å². The molecule has 0 bridgehead atoms. The van der Waals surface area contributed by atoms with Crippen LogP contribution in [0.25, 0.3) is 0 Å². The van der Waals surface area contributed by atoms with E-state index in [1.165, 1.54) is 6.08 Å². The van der Waals surface area contributed by atoms with Gasteiger partial charge in [0.2, 0.25) is 17.6 Å². The second-order valence-electron chi connectivity index (χ2n) is 15.9. The third-order valence-electron chi connectivity index (χ3n) is 10.4. The third-order valence-corrected chi connectivity index (χ3v) is 10.4. The maximum Gasteiger partial charge on any atom is 0.407 e. The monoisotopic (exact) mass is 688 g/mol. The summed E-state index contributed by atoms with van der Waals surface area (Å²) in [4.78, 5) is 81.5. The van der Waals surface area contributed by atoms with Crippen LogP contribution in [-0.4, -0.2) is 90.4 Å². The summed E-state index contributed by atoms with van der Waals surface area (Å²) in [5.41, 5.74) is -0.656. The fourth-order valence-electron chi connectivity index (χ4n) is 7.35. The molecule has 5 N–H and O–H groups in total. The maximum absolute atomic E-state index is 14.5. The maximum atomic E-state index is 14.5. The van der Waals surface area contributed by atoms with Crippen molar-refractivity contribution in [3.63, 3.8) is 0 Å². The van der Waals surface area contributed by atoms with Crippen LogP contribution in [0.1, 0.15) is 100 Å². The minimum Gasteiger partial charge on any atom is -0.447 e. The fourth-order valence-corrected chi connectivity index (χ4v) is 7.35. The molecule has 1 saturated heterocycles. The predicted octanol–water partition coefficient (Wildman–Crippen LogP) is 3.42. The molecule has 0 spiro atoms. The highest BCUT2D eigenvalue weighted by Crippen LogP contribution is 2.65. The van der Waals surface area contributed by atoms with E-state index in [0.717, 1.165) is 32.1 Å². The second kappa shape index (κ2) is 16.8. The number of urea groups is 1. The van der Waals surface area contributed by atoms with Gasteiger partial charge in [0.15, 0.2) is 0 Å². The van der Waals surface area contributed by atoms with Gasteiger partial charge in [-0.2, -0.15) is 0 Å². The van der Waals surface area contributed by atoms with Gasteiger partial charge in [-0.1, -0.05) is 73.3 Å². The highest BCUT2D eigenvalue weighted by atomic mass is 16.5. The molecule has 0 aromatic heterocycles. The first-order chi connectivity index (χ1) is 22.9. The van der Waals surface area contributed by atoms with Crippen molar-refractivity contribution in [2.75, 3.05) is 19.7 Å². The van der Waals surface area contributed by atoms with Crippen molar-refractivity contribution < 1.29 is 33.5 Å². The summed E-state index contributed by atoms with van der Waals surface area (Å²) in [5, 5.41) is 13.9. The van der Waals surface area contributed by atoms with Crippen LogP contribution in [0.3, 0.4) is 0 Å². The molecule has 0 aromatic rings. The number of amides is 6. The molecule has 2 saturated carbocycles. The highest BCUT2D eigenvalue weighted by Gasteiger charge is 2.69. The number of Topliss-reactive ketones (excluding diaryl/α,β-unsaturated/α-hetero) is 1. The second-order valence-corrected chi connectivity index (χ2v) is 15.9. The predicted molar refractivity (Wildman–Crippen MR) is 186 cm³/mol. The molecule has 2 aliphatic carbocycles. The van der Waals surface area contributed by atoms with Crippen LogP contribution in [0.2, 0.25) is 0 Å². The summed E-state index contributed by atoms with van der Waals surface area (Å²) >= 11 is 0. The summed E-state index contributed by atoms with van der Waals surface area (Å²) in [6.07, 6.45) is 6.14. The molecule has 276 valence electrons. The van der Waals surface area contributed by atoms with Crippen molar-refractivity contribution >= 4 is 35.6 Å². The van der Waals surface area contributed by atoms with Gasteiger partial charge >= 0.3 is 12.1 Å². The van der Waals surface area contributed by atoms with E-state index >= 15 is 0 Å². The Labute approximate surface area is 291 Å². The lowest BCUT2D eigenvalue weighted by molar-refractivity contribution is -0.144. The largest absolute Gasteiger partial charge is 0.447 e. The minimum absolute atomic E-state index is 0.0619. The molecule has 3 rings (SSSR count). The van der Waals surface area contributed by atoms with Crippen molar-refractivity contribution in [1.29, 1.82) is 0 Å². The number of carbonyl (C=O) groups is 6. The standard InChI is InChI=1S/C36H60N6O7/c1-10-15-24(29(43)31(45)37-18-11-2)39-30(44)28-26-23(36(26,8)9)19-42(28)32(46)27(22-16-13-12-14-17-22)41-33(47)40-25(35(5,6)7)20-49-34(48)38-21(3)4/h11,21-28H,2,10,12-20H2,1,3-9H3,(H,37,45)(H,38,48)(H,39,44)(H2,40,41,47)/t23?,24?,25-,26?,27+,28+/m1/s1. The fraction of sp³-hybridized carbons (Fsp3) is 0.778. The van der Waals surface area contributed by atoms with Crippen molar-refractivity contribution in [3.05, 3.63) is 12.7 Å². The molecule has 0 radical (unpaired) electrons. The summed E-state index contributed by atoms with van der Waals surface area (Å²) in [7, 11) is 0. The molecular formula is C36H60N6O7. The topological polar surface area (TPSA) is 175 Å². The van der Waals surface area contributed by atoms with Gasteiger partial charge in [-0.15, -0.1) is 6.58 Å². The van der Waals surface area contributed by atoms with Crippen LogP contribution >= 0.6 is 0 Å². The Morgan fingerprint density at radius 1 is 0.980 bits per heavy atom. The Morgan fingerprint density at radius 2 is 1.63 bits per heavy atom. The highest BCUT2D eigenvalue weighted by molar-refractivity contribution is 6.38. The normalized spacial score (nSPS) is 23.3. The Kier molecular flexibility index (Phi) is 13.7. The molecule has 1 heterocycles. The SMILES string of the molecule is C=CCNC(=O)C(=O)C(CCC)NC(=O)[C@@H]1C2C(CN1C(=O)[C@@H](NC(=O)N[C@H](COC(=O)NC(C)C)C(C)(C)C)C1CCCCC1)C2(C)C. The van der Waals surface area contributed by atoms with Crippen LogP contribution in [0.5, 0.6) is 0 Å².